The van der Waals surface area contributed by atoms with Crippen molar-refractivity contribution in [2.45, 2.75) is 57.7 Å². The standard InChI is InChI=1S/C26H31N3O2S/c1-17-13-21(14-18(2)27-17)26(29-25(30)31,15-20-9-5-4-6-10-20)23-12-8-7-11-22(23)24-28-19(3)16-32-24/h4-12,16-18,21,27,29H,13-15H2,1-3H3,(H,30,31). The molecule has 0 spiro atoms. The van der Waals surface area contributed by atoms with E-state index in [0.29, 0.717) is 18.5 Å². The summed E-state index contributed by atoms with van der Waals surface area (Å²) in [5.74, 6) is 0.132. The van der Waals surface area contributed by atoms with E-state index in [4.69, 9.17) is 4.98 Å². The Bertz CT molecular complexity index is 1060. The Labute approximate surface area is 193 Å². The topological polar surface area (TPSA) is 74.2 Å². The first-order valence-corrected chi connectivity index (χ1v) is 12.1. The zero-order valence-electron chi connectivity index (χ0n) is 18.8. The molecule has 0 radical (unpaired) electrons. The van der Waals surface area contributed by atoms with Crippen molar-refractivity contribution in [2.75, 3.05) is 0 Å². The van der Waals surface area contributed by atoms with Crippen LogP contribution in [-0.4, -0.2) is 28.3 Å². The van der Waals surface area contributed by atoms with E-state index in [1.165, 1.54) is 0 Å². The Kier molecular flexibility index (Phi) is 6.63. The monoisotopic (exact) mass is 449 g/mol. The molecule has 1 fully saturated rings. The molecular formula is C26H31N3O2S. The maximum Gasteiger partial charge on any atom is 0.405 e. The van der Waals surface area contributed by atoms with Crippen LogP contribution in [0, 0.1) is 12.8 Å². The van der Waals surface area contributed by atoms with Crippen molar-refractivity contribution in [3.63, 3.8) is 0 Å². The molecular weight excluding hydrogens is 418 g/mol. The van der Waals surface area contributed by atoms with Crippen molar-refractivity contribution < 1.29 is 9.90 Å². The molecule has 3 unspecified atom stereocenters. The summed E-state index contributed by atoms with van der Waals surface area (Å²) in [6, 6.07) is 19.0. The van der Waals surface area contributed by atoms with Gasteiger partial charge in [-0.15, -0.1) is 11.3 Å². The number of thiazole rings is 1. The molecule has 1 saturated heterocycles. The number of rotatable bonds is 6. The average molecular weight is 450 g/mol. The minimum Gasteiger partial charge on any atom is -0.465 e. The summed E-state index contributed by atoms with van der Waals surface area (Å²) in [4.78, 5) is 17.0. The van der Waals surface area contributed by atoms with Gasteiger partial charge in [0.05, 0.1) is 5.54 Å². The summed E-state index contributed by atoms with van der Waals surface area (Å²) in [6.45, 7) is 6.37. The summed E-state index contributed by atoms with van der Waals surface area (Å²) in [5, 5.41) is 19.7. The normalized spacial score (nSPS) is 22.8. The molecule has 4 rings (SSSR count). The van der Waals surface area contributed by atoms with Crippen LogP contribution in [0.2, 0.25) is 0 Å². The Balaban J connectivity index is 1.93. The minimum absolute atomic E-state index is 0.132. The van der Waals surface area contributed by atoms with Gasteiger partial charge in [-0.25, -0.2) is 9.78 Å². The SMILES string of the molecule is Cc1csc(-c2ccccc2C(Cc2ccccc2)(NC(=O)O)C2CC(C)NC(C)C2)n1. The first-order valence-electron chi connectivity index (χ1n) is 11.2. The number of nitrogens with one attached hydrogen (secondary N) is 2. The number of hydrogen-bond donors (Lipinski definition) is 3. The summed E-state index contributed by atoms with van der Waals surface area (Å²) < 4.78 is 0. The number of amides is 1. The predicted octanol–water partition coefficient (Wildman–Crippen LogP) is 5.60. The Hall–Kier alpha value is -2.70. The van der Waals surface area contributed by atoms with Crippen LogP contribution in [0.4, 0.5) is 4.79 Å². The number of carboxylic acid groups (broad SMARTS) is 1. The highest BCUT2D eigenvalue weighted by molar-refractivity contribution is 7.13. The van der Waals surface area contributed by atoms with E-state index < -0.39 is 11.6 Å². The number of carbonyl (C=O) groups is 1. The summed E-state index contributed by atoms with van der Waals surface area (Å²) in [6.07, 6.45) is 1.38. The van der Waals surface area contributed by atoms with Crippen LogP contribution in [0.1, 0.15) is 43.5 Å². The average Bonchev–Trinajstić information content (AvgIpc) is 3.19. The molecule has 0 bridgehead atoms. The van der Waals surface area contributed by atoms with Crippen molar-refractivity contribution in [2.24, 2.45) is 5.92 Å². The fraction of sp³-hybridized carbons (Fsp3) is 0.385. The van der Waals surface area contributed by atoms with Gasteiger partial charge < -0.3 is 15.7 Å². The highest BCUT2D eigenvalue weighted by Crippen LogP contribution is 2.44. The number of piperidine rings is 1. The van der Waals surface area contributed by atoms with Gasteiger partial charge in [0.2, 0.25) is 0 Å². The van der Waals surface area contributed by atoms with Gasteiger partial charge in [0.1, 0.15) is 5.01 Å². The van der Waals surface area contributed by atoms with E-state index >= 15 is 0 Å². The molecule has 32 heavy (non-hydrogen) atoms. The van der Waals surface area contributed by atoms with Gasteiger partial charge in [-0.2, -0.15) is 0 Å². The zero-order chi connectivity index (χ0) is 22.7. The molecule has 2 aromatic carbocycles. The lowest BCUT2D eigenvalue weighted by Crippen LogP contribution is -2.57. The van der Waals surface area contributed by atoms with Crippen LogP contribution in [0.3, 0.4) is 0 Å². The fourth-order valence-corrected chi connectivity index (χ4v) is 6.13. The zero-order valence-corrected chi connectivity index (χ0v) is 19.7. The molecule has 3 aromatic rings. The second-order valence-corrected chi connectivity index (χ2v) is 9.90. The van der Waals surface area contributed by atoms with E-state index in [0.717, 1.165) is 40.2 Å². The van der Waals surface area contributed by atoms with Gasteiger partial charge in [0.15, 0.2) is 0 Å². The molecule has 0 aliphatic carbocycles. The van der Waals surface area contributed by atoms with E-state index in [1.807, 2.05) is 42.6 Å². The molecule has 6 heteroatoms. The molecule has 1 aromatic heterocycles. The smallest absolute Gasteiger partial charge is 0.405 e. The maximum absolute atomic E-state index is 12.3. The van der Waals surface area contributed by atoms with E-state index in [1.54, 1.807) is 11.3 Å². The molecule has 2 heterocycles. The summed E-state index contributed by atoms with van der Waals surface area (Å²) >= 11 is 1.61. The Morgan fingerprint density at radius 2 is 1.78 bits per heavy atom. The second-order valence-electron chi connectivity index (χ2n) is 9.04. The Morgan fingerprint density at radius 3 is 2.41 bits per heavy atom. The van der Waals surface area contributed by atoms with Crippen LogP contribution in [0.25, 0.3) is 10.6 Å². The quantitative estimate of drug-likeness (QED) is 0.458. The molecule has 1 aliphatic heterocycles. The number of hydrogen-bond acceptors (Lipinski definition) is 4. The summed E-state index contributed by atoms with van der Waals surface area (Å²) in [7, 11) is 0. The highest BCUT2D eigenvalue weighted by atomic mass is 32.1. The van der Waals surface area contributed by atoms with Gasteiger partial charge in [-0.05, 0) is 50.7 Å². The third-order valence-electron chi connectivity index (χ3n) is 6.45. The molecule has 168 valence electrons. The minimum atomic E-state index is -0.995. The fourth-order valence-electron chi connectivity index (χ4n) is 5.29. The van der Waals surface area contributed by atoms with E-state index in [-0.39, 0.29) is 5.92 Å². The summed E-state index contributed by atoms with van der Waals surface area (Å²) in [5.41, 5.74) is 3.34. The van der Waals surface area contributed by atoms with Crippen molar-refractivity contribution in [1.29, 1.82) is 0 Å². The third-order valence-corrected chi connectivity index (χ3v) is 7.45. The second kappa shape index (κ2) is 9.43. The largest absolute Gasteiger partial charge is 0.465 e. The maximum atomic E-state index is 12.3. The molecule has 1 aliphatic rings. The number of benzene rings is 2. The highest BCUT2D eigenvalue weighted by Gasteiger charge is 2.46. The molecule has 3 N–H and O–H groups in total. The van der Waals surface area contributed by atoms with E-state index in [9.17, 15) is 9.90 Å². The van der Waals surface area contributed by atoms with Crippen LogP contribution in [0.15, 0.2) is 60.0 Å². The first kappa shape index (κ1) is 22.5. The number of aromatic nitrogens is 1. The van der Waals surface area contributed by atoms with Crippen molar-refractivity contribution in [3.8, 4) is 10.6 Å². The third kappa shape index (κ3) is 4.71. The lowest BCUT2D eigenvalue weighted by atomic mass is 9.67. The van der Waals surface area contributed by atoms with Gasteiger partial charge in [0.25, 0.3) is 0 Å². The van der Waals surface area contributed by atoms with Crippen LogP contribution < -0.4 is 10.6 Å². The Morgan fingerprint density at radius 1 is 1.12 bits per heavy atom. The molecule has 0 saturated carbocycles. The van der Waals surface area contributed by atoms with E-state index in [2.05, 4.69) is 48.7 Å². The van der Waals surface area contributed by atoms with Crippen LogP contribution in [-0.2, 0) is 12.0 Å². The molecule has 3 atom stereocenters. The lowest BCUT2D eigenvalue weighted by molar-refractivity contribution is 0.114. The molecule has 5 nitrogen and oxygen atoms in total. The molecule has 1 amide bonds. The predicted molar refractivity (Wildman–Crippen MR) is 130 cm³/mol. The van der Waals surface area contributed by atoms with Gasteiger partial charge in [-0.1, -0.05) is 54.6 Å². The number of nitrogens with zero attached hydrogens (tertiary/aromatic N) is 1. The van der Waals surface area contributed by atoms with Crippen molar-refractivity contribution >= 4 is 17.4 Å². The van der Waals surface area contributed by atoms with Gasteiger partial charge in [0, 0.05) is 35.1 Å². The van der Waals surface area contributed by atoms with Crippen LogP contribution >= 0.6 is 11.3 Å². The van der Waals surface area contributed by atoms with Crippen molar-refractivity contribution in [1.82, 2.24) is 15.6 Å². The van der Waals surface area contributed by atoms with Crippen LogP contribution in [0.5, 0.6) is 0 Å². The number of aryl methyl sites for hydroxylation is 1. The van der Waals surface area contributed by atoms with Gasteiger partial charge >= 0.3 is 6.09 Å². The first-order chi connectivity index (χ1) is 15.4. The lowest BCUT2D eigenvalue weighted by Gasteiger charge is -2.47. The van der Waals surface area contributed by atoms with Crippen molar-refractivity contribution in [3.05, 3.63) is 76.8 Å². The van der Waals surface area contributed by atoms with Gasteiger partial charge in [-0.3, -0.25) is 0 Å².